The molecule has 3 unspecified atom stereocenters. The van der Waals surface area contributed by atoms with Crippen LogP contribution in [0.3, 0.4) is 0 Å². The Hall–Kier alpha value is -1.31. The second kappa shape index (κ2) is 6.20. The van der Waals surface area contributed by atoms with E-state index >= 15 is 0 Å². The van der Waals surface area contributed by atoms with Gasteiger partial charge in [-0.25, -0.2) is 8.42 Å². The van der Waals surface area contributed by atoms with Gasteiger partial charge in [0.05, 0.1) is 15.8 Å². The second-order valence-electron chi connectivity index (χ2n) is 6.56. The number of nitrogens with zero attached hydrogens (tertiary/aromatic N) is 1. The third kappa shape index (κ3) is 3.00. The molecule has 1 aromatic carbocycles. The molecular formula is C16H20ClNO5S. The van der Waals surface area contributed by atoms with E-state index in [0.29, 0.717) is 25.0 Å². The molecule has 0 spiro atoms. The smallest absolute Gasteiger partial charge is 0.307 e. The number of hydrogen-bond donors (Lipinski definition) is 1. The van der Waals surface area contributed by atoms with Crippen LogP contribution in [0.4, 0.5) is 0 Å². The quantitative estimate of drug-likeness (QED) is 0.880. The van der Waals surface area contributed by atoms with Crippen LogP contribution in [0.5, 0.6) is 5.75 Å². The summed E-state index contributed by atoms with van der Waals surface area (Å²) in [6, 6.07) is 2.75. The highest BCUT2D eigenvalue weighted by Gasteiger charge is 2.38. The van der Waals surface area contributed by atoms with Crippen molar-refractivity contribution in [2.24, 2.45) is 5.92 Å². The standard InChI is InChI=1S/C16H20ClNO5S/c1-9-3-4-11(16(19)20)8-18(9)24(21,22)13-6-12-5-10(2)23-15(12)14(17)7-13/h6-7,9-11H,3-5,8H2,1-2H3,(H,19,20). The van der Waals surface area contributed by atoms with Crippen molar-refractivity contribution in [3.05, 3.63) is 22.7 Å². The molecule has 0 aliphatic carbocycles. The molecule has 132 valence electrons. The van der Waals surface area contributed by atoms with Gasteiger partial charge in [-0.3, -0.25) is 4.79 Å². The van der Waals surface area contributed by atoms with Gasteiger partial charge < -0.3 is 9.84 Å². The predicted molar refractivity (Wildman–Crippen MR) is 89.0 cm³/mol. The minimum Gasteiger partial charge on any atom is -0.489 e. The number of carboxylic acids is 1. The van der Waals surface area contributed by atoms with Crippen LogP contribution in [-0.2, 0) is 21.2 Å². The topological polar surface area (TPSA) is 83.9 Å². The van der Waals surface area contributed by atoms with Crippen LogP contribution in [0.2, 0.25) is 5.02 Å². The molecule has 0 radical (unpaired) electrons. The normalized spacial score (nSPS) is 27.5. The molecule has 0 aromatic heterocycles. The van der Waals surface area contributed by atoms with Crippen molar-refractivity contribution in [3.8, 4) is 5.75 Å². The van der Waals surface area contributed by atoms with Crippen LogP contribution < -0.4 is 4.74 Å². The van der Waals surface area contributed by atoms with Crippen LogP contribution >= 0.6 is 11.6 Å². The minimum atomic E-state index is -3.81. The molecule has 1 saturated heterocycles. The average molecular weight is 374 g/mol. The fourth-order valence-corrected chi connectivity index (χ4v) is 5.49. The maximum atomic E-state index is 13.0. The summed E-state index contributed by atoms with van der Waals surface area (Å²) in [5, 5.41) is 9.49. The lowest BCUT2D eigenvalue weighted by atomic mass is 9.96. The van der Waals surface area contributed by atoms with E-state index in [2.05, 4.69) is 0 Å². The zero-order valence-corrected chi connectivity index (χ0v) is 15.1. The summed E-state index contributed by atoms with van der Waals surface area (Å²) in [5.74, 6) is -1.10. The summed E-state index contributed by atoms with van der Waals surface area (Å²) in [6.07, 6.45) is 1.57. The number of rotatable bonds is 3. The van der Waals surface area contributed by atoms with E-state index in [1.54, 1.807) is 13.0 Å². The number of sulfonamides is 1. The Morgan fingerprint density at radius 1 is 1.33 bits per heavy atom. The number of fused-ring (bicyclic) bond motifs is 1. The maximum Gasteiger partial charge on any atom is 0.307 e. The van der Waals surface area contributed by atoms with Crippen molar-refractivity contribution in [3.63, 3.8) is 0 Å². The Morgan fingerprint density at radius 2 is 2.04 bits per heavy atom. The Morgan fingerprint density at radius 3 is 2.71 bits per heavy atom. The average Bonchev–Trinajstić information content (AvgIpc) is 2.88. The highest BCUT2D eigenvalue weighted by atomic mass is 35.5. The molecule has 8 heteroatoms. The molecule has 1 fully saturated rings. The van der Waals surface area contributed by atoms with Crippen LogP contribution in [0.1, 0.15) is 32.3 Å². The first-order valence-corrected chi connectivity index (χ1v) is 9.75. The highest BCUT2D eigenvalue weighted by molar-refractivity contribution is 7.89. The number of carboxylic acid groups (broad SMARTS) is 1. The van der Waals surface area contributed by atoms with E-state index < -0.39 is 21.9 Å². The Bertz CT molecular complexity index is 779. The lowest BCUT2D eigenvalue weighted by molar-refractivity contribution is -0.143. The molecule has 0 amide bonds. The zero-order valence-electron chi connectivity index (χ0n) is 13.5. The molecule has 6 nitrogen and oxygen atoms in total. The number of carbonyl (C=O) groups is 1. The summed E-state index contributed by atoms with van der Waals surface area (Å²) in [4.78, 5) is 11.4. The van der Waals surface area contributed by atoms with Gasteiger partial charge in [0.1, 0.15) is 11.9 Å². The predicted octanol–water partition coefficient (Wildman–Crippen LogP) is 2.54. The fraction of sp³-hybridized carbons (Fsp3) is 0.562. The molecule has 24 heavy (non-hydrogen) atoms. The van der Waals surface area contributed by atoms with E-state index in [9.17, 15) is 18.3 Å². The molecule has 2 aliphatic rings. The van der Waals surface area contributed by atoms with Crippen molar-refractivity contribution in [1.82, 2.24) is 4.31 Å². The lowest BCUT2D eigenvalue weighted by Gasteiger charge is -2.35. The summed E-state index contributed by atoms with van der Waals surface area (Å²) < 4.78 is 33.0. The minimum absolute atomic E-state index is 0.0135. The Kier molecular flexibility index (Phi) is 4.53. The monoisotopic (exact) mass is 373 g/mol. The second-order valence-corrected chi connectivity index (χ2v) is 8.86. The number of halogens is 1. The van der Waals surface area contributed by atoms with E-state index in [1.807, 2.05) is 6.92 Å². The summed E-state index contributed by atoms with van der Waals surface area (Å²) >= 11 is 6.20. The van der Waals surface area contributed by atoms with Gasteiger partial charge >= 0.3 is 5.97 Å². The lowest BCUT2D eigenvalue weighted by Crippen LogP contribution is -2.47. The van der Waals surface area contributed by atoms with Crippen LogP contribution in [0.25, 0.3) is 0 Å². The van der Waals surface area contributed by atoms with Crippen molar-refractivity contribution in [2.45, 2.75) is 50.2 Å². The van der Waals surface area contributed by atoms with Gasteiger partial charge in [-0.15, -0.1) is 0 Å². The molecule has 0 saturated carbocycles. The molecule has 0 bridgehead atoms. The maximum absolute atomic E-state index is 13.0. The molecule has 1 aromatic rings. The SMILES string of the molecule is CC1Cc2cc(S(=O)(=O)N3CC(C(=O)O)CCC3C)cc(Cl)c2O1. The number of ether oxygens (including phenoxy) is 1. The van der Waals surface area contributed by atoms with Gasteiger partial charge in [0, 0.05) is 24.6 Å². The Balaban J connectivity index is 1.97. The number of benzene rings is 1. The van der Waals surface area contributed by atoms with Crippen molar-refractivity contribution >= 4 is 27.6 Å². The summed E-state index contributed by atoms with van der Waals surface area (Å²) in [6.45, 7) is 3.69. The van der Waals surface area contributed by atoms with E-state index in [1.165, 1.54) is 10.4 Å². The molecule has 2 heterocycles. The van der Waals surface area contributed by atoms with Gasteiger partial charge in [-0.05, 0) is 38.8 Å². The highest BCUT2D eigenvalue weighted by Crippen LogP contribution is 2.39. The third-order valence-corrected chi connectivity index (χ3v) is 6.94. The number of hydrogen-bond acceptors (Lipinski definition) is 4. The van der Waals surface area contributed by atoms with Crippen molar-refractivity contribution in [2.75, 3.05) is 6.54 Å². The first-order chi connectivity index (χ1) is 11.2. The van der Waals surface area contributed by atoms with E-state index in [4.69, 9.17) is 16.3 Å². The Labute approximate surface area is 146 Å². The number of aliphatic carboxylic acids is 1. The first-order valence-electron chi connectivity index (χ1n) is 7.94. The van der Waals surface area contributed by atoms with Crippen LogP contribution in [-0.4, -0.2) is 42.5 Å². The fourth-order valence-electron chi connectivity index (χ4n) is 3.35. The van der Waals surface area contributed by atoms with Crippen LogP contribution in [0, 0.1) is 5.92 Å². The van der Waals surface area contributed by atoms with Gasteiger partial charge in [0.2, 0.25) is 10.0 Å². The zero-order chi connectivity index (χ0) is 17.6. The molecule has 3 atom stereocenters. The largest absolute Gasteiger partial charge is 0.489 e. The van der Waals surface area contributed by atoms with Crippen molar-refractivity contribution in [1.29, 1.82) is 0 Å². The van der Waals surface area contributed by atoms with Crippen LogP contribution in [0.15, 0.2) is 17.0 Å². The molecular weight excluding hydrogens is 354 g/mol. The van der Waals surface area contributed by atoms with Gasteiger partial charge in [-0.1, -0.05) is 11.6 Å². The van der Waals surface area contributed by atoms with Gasteiger partial charge in [-0.2, -0.15) is 4.31 Å². The molecule has 1 N–H and O–H groups in total. The summed E-state index contributed by atoms with van der Waals surface area (Å²) in [7, 11) is -3.81. The van der Waals surface area contributed by atoms with Gasteiger partial charge in [0.25, 0.3) is 0 Å². The van der Waals surface area contributed by atoms with Crippen molar-refractivity contribution < 1.29 is 23.1 Å². The van der Waals surface area contributed by atoms with E-state index in [-0.39, 0.29) is 28.6 Å². The number of piperidine rings is 1. The molecule has 3 rings (SSSR count). The van der Waals surface area contributed by atoms with E-state index in [0.717, 1.165) is 5.56 Å². The molecule has 2 aliphatic heterocycles. The third-order valence-electron chi connectivity index (χ3n) is 4.70. The van der Waals surface area contributed by atoms with Gasteiger partial charge in [0.15, 0.2) is 0 Å². The summed E-state index contributed by atoms with van der Waals surface area (Å²) in [5.41, 5.74) is 0.771. The first kappa shape index (κ1) is 17.5.